The van der Waals surface area contributed by atoms with E-state index in [1.807, 2.05) is 26.0 Å². The van der Waals surface area contributed by atoms with Gasteiger partial charge in [0.2, 0.25) is 0 Å². The van der Waals surface area contributed by atoms with Crippen molar-refractivity contribution >= 4 is 5.96 Å². The Balaban J connectivity index is 1.87. The highest BCUT2D eigenvalue weighted by Crippen LogP contribution is 2.13. The largest absolute Gasteiger partial charge is 0.379 e. The lowest BCUT2D eigenvalue weighted by molar-refractivity contribution is 0.0453. The van der Waals surface area contributed by atoms with E-state index >= 15 is 0 Å². The van der Waals surface area contributed by atoms with Crippen molar-refractivity contribution in [2.75, 3.05) is 26.4 Å². The van der Waals surface area contributed by atoms with Crippen LogP contribution in [0.25, 0.3) is 0 Å². The number of ether oxygens (including phenoxy) is 2. The Morgan fingerprint density at radius 1 is 1.10 bits per heavy atom. The van der Waals surface area contributed by atoms with Gasteiger partial charge in [-0.25, -0.2) is 4.99 Å². The highest BCUT2D eigenvalue weighted by molar-refractivity contribution is 5.79. The monoisotopic (exact) mass is 402 g/mol. The lowest BCUT2D eigenvalue weighted by atomic mass is 10.1. The molecule has 0 aliphatic rings. The van der Waals surface area contributed by atoms with Gasteiger partial charge in [-0.3, -0.25) is 0 Å². The van der Waals surface area contributed by atoms with Crippen molar-refractivity contribution in [2.24, 2.45) is 4.99 Å². The van der Waals surface area contributed by atoms with Crippen molar-refractivity contribution in [2.45, 2.75) is 53.3 Å². The van der Waals surface area contributed by atoms with Gasteiger partial charge in [0.05, 0.1) is 38.6 Å². The van der Waals surface area contributed by atoms with Gasteiger partial charge >= 0.3 is 0 Å². The number of hydrogen-bond acceptors (Lipinski definition) is 5. The molecule has 0 unspecified atom stereocenters. The standard InChI is InChI=1S/C22H34N4O3/c1-5-23-22(25-15-20-13-21(17(3)4)26-29-20)24-14-18-8-7-9-19(12-18)16-28-11-10-27-6-2/h7-9,12-13,17H,5-6,10-11,14-16H2,1-4H3,(H2,23,24,25). The van der Waals surface area contributed by atoms with E-state index < -0.39 is 0 Å². The van der Waals surface area contributed by atoms with Gasteiger partial charge < -0.3 is 24.6 Å². The first kappa shape index (κ1) is 22.9. The molecular formula is C22H34N4O3. The number of hydrogen-bond donors (Lipinski definition) is 2. The van der Waals surface area contributed by atoms with Crippen LogP contribution in [-0.2, 0) is 29.2 Å². The molecule has 0 spiro atoms. The Bertz CT molecular complexity index is 743. The Morgan fingerprint density at radius 3 is 2.62 bits per heavy atom. The summed E-state index contributed by atoms with van der Waals surface area (Å²) >= 11 is 0. The smallest absolute Gasteiger partial charge is 0.191 e. The van der Waals surface area contributed by atoms with Crippen LogP contribution in [0.4, 0.5) is 0 Å². The van der Waals surface area contributed by atoms with Crippen LogP contribution < -0.4 is 10.6 Å². The topological polar surface area (TPSA) is 80.9 Å². The van der Waals surface area contributed by atoms with E-state index in [4.69, 9.17) is 14.0 Å². The molecule has 0 saturated carbocycles. The first-order chi connectivity index (χ1) is 14.1. The fourth-order valence-corrected chi connectivity index (χ4v) is 2.64. The highest BCUT2D eigenvalue weighted by Gasteiger charge is 2.08. The zero-order valence-electron chi connectivity index (χ0n) is 18.0. The molecule has 0 radical (unpaired) electrons. The van der Waals surface area contributed by atoms with Gasteiger partial charge in [-0.15, -0.1) is 0 Å². The number of benzene rings is 1. The molecule has 0 bridgehead atoms. The molecule has 0 aliphatic heterocycles. The van der Waals surface area contributed by atoms with Gasteiger partial charge in [-0.2, -0.15) is 0 Å². The predicted molar refractivity (Wildman–Crippen MR) is 115 cm³/mol. The molecule has 2 N–H and O–H groups in total. The van der Waals surface area contributed by atoms with Crippen LogP contribution in [0, 0.1) is 0 Å². The fourth-order valence-electron chi connectivity index (χ4n) is 2.64. The van der Waals surface area contributed by atoms with Crippen LogP contribution in [-0.4, -0.2) is 37.5 Å². The molecule has 0 saturated heterocycles. The molecular weight excluding hydrogens is 368 g/mol. The maximum Gasteiger partial charge on any atom is 0.191 e. The number of aromatic nitrogens is 1. The number of nitrogens with zero attached hydrogens (tertiary/aromatic N) is 2. The van der Waals surface area contributed by atoms with E-state index in [1.54, 1.807) is 0 Å². The summed E-state index contributed by atoms with van der Waals surface area (Å²) in [6.07, 6.45) is 0. The first-order valence-electron chi connectivity index (χ1n) is 10.3. The number of rotatable bonds is 12. The normalized spacial score (nSPS) is 11.8. The maximum atomic E-state index is 5.65. The van der Waals surface area contributed by atoms with Crippen LogP contribution in [0.5, 0.6) is 0 Å². The zero-order valence-corrected chi connectivity index (χ0v) is 18.0. The molecule has 7 heteroatoms. The summed E-state index contributed by atoms with van der Waals surface area (Å²) in [5, 5.41) is 10.6. The molecule has 0 fully saturated rings. The molecule has 2 rings (SSSR count). The average molecular weight is 403 g/mol. The number of guanidine groups is 1. The Kier molecular flexibility index (Phi) is 10.2. The summed E-state index contributed by atoms with van der Waals surface area (Å²) < 4.78 is 16.3. The molecule has 0 amide bonds. The molecule has 160 valence electrons. The Labute approximate surface area is 173 Å². The van der Waals surface area contributed by atoms with E-state index in [1.165, 1.54) is 0 Å². The summed E-state index contributed by atoms with van der Waals surface area (Å²) in [6.45, 7) is 12.6. The van der Waals surface area contributed by atoms with Gasteiger partial charge in [0, 0.05) is 19.2 Å². The second-order valence-corrected chi connectivity index (χ2v) is 6.99. The fraction of sp³-hybridized carbons (Fsp3) is 0.545. The van der Waals surface area contributed by atoms with Gasteiger partial charge in [-0.05, 0) is 30.9 Å². The number of nitrogens with one attached hydrogen (secondary N) is 2. The summed E-state index contributed by atoms with van der Waals surface area (Å²) in [7, 11) is 0. The minimum atomic E-state index is 0.352. The third-order valence-corrected chi connectivity index (χ3v) is 4.20. The summed E-state index contributed by atoms with van der Waals surface area (Å²) in [6, 6.07) is 10.3. The van der Waals surface area contributed by atoms with Crippen molar-refractivity contribution in [3.05, 3.63) is 52.9 Å². The van der Waals surface area contributed by atoms with Crippen LogP contribution >= 0.6 is 0 Å². The highest BCUT2D eigenvalue weighted by atomic mass is 16.5. The van der Waals surface area contributed by atoms with E-state index in [0.29, 0.717) is 45.4 Å². The quantitative estimate of drug-likeness (QED) is 0.321. The van der Waals surface area contributed by atoms with Crippen molar-refractivity contribution in [1.29, 1.82) is 0 Å². The maximum absolute atomic E-state index is 5.65. The van der Waals surface area contributed by atoms with Gasteiger partial charge in [-0.1, -0.05) is 43.3 Å². The number of aliphatic imine (C=N–C) groups is 1. The van der Waals surface area contributed by atoms with Crippen LogP contribution in [0.15, 0.2) is 39.8 Å². The Hall–Kier alpha value is -2.38. The van der Waals surface area contributed by atoms with E-state index in [2.05, 4.69) is 52.8 Å². The molecule has 7 nitrogen and oxygen atoms in total. The van der Waals surface area contributed by atoms with Crippen molar-refractivity contribution in [3.63, 3.8) is 0 Å². The minimum Gasteiger partial charge on any atom is -0.379 e. The first-order valence-corrected chi connectivity index (χ1v) is 10.3. The lowest BCUT2D eigenvalue weighted by Crippen LogP contribution is -2.36. The average Bonchev–Trinajstić information content (AvgIpc) is 3.20. The SMILES string of the molecule is CCNC(=NCc1cccc(COCCOCC)c1)NCc1cc(C(C)C)no1. The molecule has 1 heterocycles. The molecule has 0 aliphatic carbocycles. The van der Waals surface area contributed by atoms with Crippen molar-refractivity contribution in [1.82, 2.24) is 15.8 Å². The van der Waals surface area contributed by atoms with Crippen LogP contribution in [0.3, 0.4) is 0 Å². The van der Waals surface area contributed by atoms with Crippen LogP contribution in [0.2, 0.25) is 0 Å². The lowest BCUT2D eigenvalue weighted by Gasteiger charge is -2.10. The van der Waals surface area contributed by atoms with Crippen molar-refractivity contribution in [3.8, 4) is 0 Å². The minimum absolute atomic E-state index is 0.352. The van der Waals surface area contributed by atoms with Crippen LogP contribution in [0.1, 0.15) is 56.2 Å². The molecule has 0 atom stereocenters. The van der Waals surface area contributed by atoms with Gasteiger partial charge in [0.1, 0.15) is 0 Å². The molecule has 29 heavy (non-hydrogen) atoms. The summed E-state index contributed by atoms with van der Waals surface area (Å²) in [5.74, 6) is 1.89. The second-order valence-electron chi connectivity index (χ2n) is 6.99. The summed E-state index contributed by atoms with van der Waals surface area (Å²) in [4.78, 5) is 4.67. The van der Waals surface area contributed by atoms with E-state index in [0.717, 1.165) is 35.1 Å². The molecule has 1 aromatic carbocycles. The Morgan fingerprint density at radius 2 is 1.90 bits per heavy atom. The van der Waals surface area contributed by atoms with E-state index in [9.17, 15) is 0 Å². The summed E-state index contributed by atoms with van der Waals surface area (Å²) in [5.41, 5.74) is 3.23. The van der Waals surface area contributed by atoms with Crippen molar-refractivity contribution < 1.29 is 14.0 Å². The molecule has 1 aromatic heterocycles. The molecule has 2 aromatic rings. The predicted octanol–water partition coefficient (Wildman–Crippen LogP) is 3.61. The zero-order chi connectivity index (χ0) is 20.9. The second kappa shape index (κ2) is 13.0. The van der Waals surface area contributed by atoms with Gasteiger partial charge in [0.15, 0.2) is 11.7 Å². The third-order valence-electron chi connectivity index (χ3n) is 4.20. The third kappa shape index (κ3) is 8.66. The van der Waals surface area contributed by atoms with Gasteiger partial charge in [0.25, 0.3) is 0 Å². The van der Waals surface area contributed by atoms with E-state index in [-0.39, 0.29) is 0 Å².